The molecule has 2 heterocycles. The summed E-state index contributed by atoms with van der Waals surface area (Å²) in [6, 6.07) is 11.0. The predicted molar refractivity (Wildman–Crippen MR) is 111 cm³/mol. The molecule has 1 amide bonds. The highest BCUT2D eigenvalue weighted by Crippen LogP contribution is 2.31. The fourth-order valence-electron chi connectivity index (χ4n) is 2.67. The number of aromatic nitrogens is 2. The summed E-state index contributed by atoms with van der Waals surface area (Å²) in [5.74, 6) is -0.188. The van der Waals surface area contributed by atoms with Gasteiger partial charge in [0.1, 0.15) is 5.03 Å². The van der Waals surface area contributed by atoms with E-state index in [9.17, 15) is 4.79 Å². The highest BCUT2D eigenvalue weighted by Gasteiger charge is 2.11. The minimum atomic E-state index is -0.188. The summed E-state index contributed by atoms with van der Waals surface area (Å²) in [7, 11) is 0. The summed E-state index contributed by atoms with van der Waals surface area (Å²) in [6.45, 7) is 5.87. The van der Waals surface area contributed by atoms with E-state index in [1.165, 1.54) is 11.8 Å². The molecule has 2 N–H and O–H groups in total. The lowest BCUT2D eigenvalue weighted by Gasteiger charge is -2.27. The van der Waals surface area contributed by atoms with Crippen LogP contribution in [0, 0.1) is 0 Å². The van der Waals surface area contributed by atoms with Gasteiger partial charge >= 0.3 is 0 Å². The quantitative estimate of drug-likeness (QED) is 0.661. The number of nitrogens with one attached hydrogen (secondary N) is 2. The molecular weight excluding hydrogens is 405 g/mol. The first-order chi connectivity index (χ1) is 12.7. The van der Waals surface area contributed by atoms with Gasteiger partial charge in [0.05, 0.1) is 5.02 Å². The molecular formula is C18H23Cl2N5OS. The Hall–Kier alpha value is -1.38. The standard InChI is InChI=1S/C18H22ClN5OS.ClH/c19-14-4-1-2-5-16(14)26-17-7-6-15(22-23-17)18(25)21-8-3-11-24-12-9-20-10-13-24;/h1-2,4-7,20H,3,8-13H2,(H,21,25);1H. The summed E-state index contributed by atoms with van der Waals surface area (Å²) in [6.07, 6.45) is 0.930. The monoisotopic (exact) mass is 427 g/mol. The summed E-state index contributed by atoms with van der Waals surface area (Å²) in [4.78, 5) is 15.5. The number of carbonyl (C=O) groups is 1. The number of rotatable bonds is 7. The van der Waals surface area contributed by atoms with Gasteiger partial charge in [0, 0.05) is 37.6 Å². The van der Waals surface area contributed by atoms with Crippen molar-refractivity contribution in [2.45, 2.75) is 16.3 Å². The molecule has 1 aliphatic heterocycles. The lowest BCUT2D eigenvalue weighted by Crippen LogP contribution is -2.44. The number of hydrogen-bond donors (Lipinski definition) is 2. The number of amides is 1. The lowest BCUT2D eigenvalue weighted by atomic mass is 10.3. The summed E-state index contributed by atoms with van der Waals surface area (Å²) in [5.41, 5.74) is 0.329. The van der Waals surface area contributed by atoms with Gasteiger partial charge in [-0.1, -0.05) is 35.5 Å². The van der Waals surface area contributed by atoms with Crippen molar-refractivity contribution in [3.8, 4) is 0 Å². The largest absolute Gasteiger partial charge is 0.351 e. The van der Waals surface area contributed by atoms with Crippen LogP contribution < -0.4 is 10.6 Å². The molecule has 146 valence electrons. The Balaban J connectivity index is 0.00000261. The second-order valence-electron chi connectivity index (χ2n) is 5.99. The summed E-state index contributed by atoms with van der Waals surface area (Å²) >= 11 is 7.57. The topological polar surface area (TPSA) is 70.2 Å². The van der Waals surface area contributed by atoms with E-state index in [1.807, 2.05) is 24.3 Å². The average molecular weight is 428 g/mol. The van der Waals surface area contributed by atoms with Crippen LogP contribution in [0.3, 0.4) is 0 Å². The van der Waals surface area contributed by atoms with E-state index >= 15 is 0 Å². The maximum atomic E-state index is 12.2. The molecule has 0 radical (unpaired) electrons. The van der Waals surface area contributed by atoms with Gasteiger partial charge in [0.15, 0.2) is 5.69 Å². The van der Waals surface area contributed by atoms with Crippen molar-refractivity contribution in [3.05, 3.63) is 47.1 Å². The number of benzene rings is 1. The molecule has 0 atom stereocenters. The van der Waals surface area contributed by atoms with Gasteiger partial charge in [-0.2, -0.15) is 0 Å². The molecule has 1 fully saturated rings. The molecule has 0 spiro atoms. The first-order valence-electron chi connectivity index (χ1n) is 8.70. The van der Waals surface area contributed by atoms with Crippen LogP contribution in [0.25, 0.3) is 0 Å². The lowest BCUT2D eigenvalue weighted by molar-refractivity contribution is 0.0945. The molecule has 0 saturated carbocycles. The van der Waals surface area contributed by atoms with E-state index in [0.29, 0.717) is 22.3 Å². The van der Waals surface area contributed by atoms with Gasteiger partial charge < -0.3 is 15.5 Å². The Morgan fingerprint density at radius 1 is 1.19 bits per heavy atom. The summed E-state index contributed by atoms with van der Waals surface area (Å²) in [5, 5.41) is 15.8. The molecule has 3 rings (SSSR count). The fourth-order valence-corrected chi connectivity index (χ4v) is 3.67. The molecule has 0 bridgehead atoms. The maximum absolute atomic E-state index is 12.2. The highest BCUT2D eigenvalue weighted by molar-refractivity contribution is 7.99. The van der Waals surface area contributed by atoms with Crippen LogP contribution in [0.4, 0.5) is 0 Å². The van der Waals surface area contributed by atoms with Crippen molar-refractivity contribution in [2.24, 2.45) is 0 Å². The molecule has 1 aromatic heterocycles. The first-order valence-corrected chi connectivity index (χ1v) is 9.89. The SMILES string of the molecule is Cl.O=C(NCCCN1CCNCC1)c1ccc(Sc2ccccc2Cl)nn1. The smallest absolute Gasteiger partial charge is 0.271 e. The van der Waals surface area contributed by atoms with Crippen molar-refractivity contribution in [1.29, 1.82) is 0 Å². The van der Waals surface area contributed by atoms with E-state index in [2.05, 4.69) is 25.7 Å². The van der Waals surface area contributed by atoms with E-state index in [1.54, 1.807) is 12.1 Å². The Bertz CT molecular complexity index is 726. The van der Waals surface area contributed by atoms with Crippen molar-refractivity contribution in [2.75, 3.05) is 39.3 Å². The van der Waals surface area contributed by atoms with Crippen molar-refractivity contribution >= 4 is 41.7 Å². The number of nitrogens with zero attached hydrogens (tertiary/aromatic N) is 3. The van der Waals surface area contributed by atoms with E-state index in [-0.39, 0.29) is 18.3 Å². The van der Waals surface area contributed by atoms with Crippen LogP contribution >= 0.6 is 35.8 Å². The Labute approximate surface area is 174 Å². The molecule has 1 aromatic carbocycles. The average Bonchev–Trinajstić information content (AvgIpc) is 2.68. The van der Waals surface area contributed by atoms with Crippen LogP contribution in [-0.2, 0) is 0 Å². The number of halogens is 2. The fraction of sp³-hybridized carbons (Fsp3) is 0.389. The van der Waals surface area contributed by atoms with Crippen LogP contribution in [0.5, 0.6) is 0 Å². The Kier molecular flexibility index (Phi) is 9.30. The predicted octanol–water partition coefficient (Wildman–Crippen LogP) is 2.73. The number of piperazine rings is 1. The Morgan fingerprint density at radius 3 is 2.67 bits per heavy atom. The van der Waals surface area contributed by atoms with Crippen LogP contribution in [0.2, 0.25) is 5.02 Å². The van der Waals surface area contributed by atoms with Crippen LogP contribution in [0.15, 0.2) is 46.3 Å². The van der Waals surface area contributed by atoms with Crippen LogP contribution in [-0.4, -0.2) is 60.3 Å². The molecule has 1 saturated heterocycles. The van der Waals surface area contributed by atoms with Gasteiger partial charge in [-0.3, -0.25) is 4.79 Å². The van der Waals surface area contributed by atoms with E-state index in [0.717, 1.165) is 44.0 Å². The van der Waals surface area contributed by atoms with Gasteiger partial charge in [-0.25, -0.2) is 0 Å². The Morgan fingerprint density at radius 2 is 1.96 bits per heavy atom. The van der Waals surface area contributed by atoms with Crippen molar-refractivity contribution in [1.82, 2.24) is 25.7 Å². The molecule has 2 aromatic rings. The highest BCUT2D eigenvalue weighted by atomic mass is 35.5. The third-order valence-electron chi connectivity index (χ3n) is 4.07. The second kappa shape index (κ2) is 11.5. The molecule has 9 heteroatoms. The molecule has 0 unspecified atom stereocenters. The summed E-state index contributed by atoms with van der Waals surface area (Å²) < 4.78 is 0. The third kappa shape index (κ3) is 6.93. The normalized spacial score (nSPS) is 14.4. The minimum absolute atomic E-state index is 0. The molecule has 1 aliphatic rings. The van der Waals surface area contributed by atoms with Gasteiger partial charge in [0.2, 0.25) is 0 Å². The third-order valence-corrected chi connectivity index (χ3v) is 5.51. The van der Waals surface area contributed by atoms with Crippen molar-refractivity contribution < 1.29 is 4.79 Å². The second-order valence-corrected chi connectivity index (χ2v) is 7.46. The zero-order valence-corrected chi connectivity index (χ0v) is 17.2. The van der Waals surface area contributed by atoms with Crippen LogP contribution in [0.1, 0.15) is 16.9 Å². The minimum Gasteiger partial charge on any atom is -0.351 e. The molecule has 6 nitrogen and oxygen atoms in total. The maximum Gasteiger partial charge on any atom is 0.271 e. The van der Waals surface area contributed by atoms with Gasteiger partial charge in [-0.05, 0) is 37.2 Å². The number of carbonyl (C=O) groups excluding carboxylic acids is 1. The van der Waals surface area contributed by atoms with E-state index < -0.39 is 0 Å². The molecule has 27 heavy (non-hydrogen) atoms. The number of hydrogen-bond acceptors (Lipinski definition) is 6. The van der Waals surface area contributed by atoms with Gasteiger partial charge in [0.25, 0.3) is 5.91 Å². The zero-order chi connectivity index (χ0) is 18.2. The first kappa shape index (κ1) is 21.9. The zero-order valence-electron chi connectivity index (χ0n) is 14.9. The van der Waals surface area contributed by atoms with Crippen molar-refractivity contribution in [3.63, 3.8) is 0 Å². The van der Waals surface area contributed by atoms with Gasteiger partial charge in [-0.15, -0.1) is 22.6 Å². The molecule has 0 aliphatic carbocycles. The van der Waals surface area contributed by atoms with E-state index in [4.69, 9.17) is 11.6 Å².